The lowest BCUT2D eigenvalue weighted by atomic mass is 9.98. The van der Waals surface area contributed by atoms with Gasteiger partial charge in [-0.2, -0.15) is 13.2 Å². The van der Waals surface area contributed by atoms with E-state index in [0.717, 1.165) is 25.3 Å². The first-order valence-corrected chi connectivity index (χ1v) is 13.5. The standard InChI is InChI=1S/C27H24F4N2O4S/c1-17(34)22-9-7-20(15-25(22)27(29,30)31)32-11-13-33(14-12-32)26(35)24-16-21(38(2,36)37)8-10-23(24)18-3-5-19(28)6-4-18/h3-10,15-16H,11-14H2,1-2H3. The van der Waals surface area contributed by atoms with Crippen LogP contribution in [0.4, 0.5) is 23.2 Å². The number of carbonyl (C=O) groups excluding carboxylic acids is 2. The second kappa shape index (κ2) is 10.2. The maximum absolute atomic E-state index is 13.5. The molecular formula is C27H24F4N2O4S. The van der Waals surface area contributed by atoms with Gasteiger partial charge in [0.1, 0.15) is 5.82 Å². The molecule has 0 radical (unpaired) electrons. The lowest BCUT2D eigenvalue weighted by molar-refractivity contribution is -0.137. The molecule has 0 unspecified atom stereocenters. The molecule has 4 rings (SSSR count). The van der Waals surface area contributed by atoms with Crippen LogP contribution in [0.3, 0.4) is 0 Å². The Kier molecular flexibility index (Phi) is 7.33. The van der Waals surface area contributed by atoms with Gasteiger partial charge in [-0.25, -0.2) is 12.8 Å². The smallest absolute Gasteiger partial charge is 0.368 e. The maximum Gasteiger partial charge on any atom is 0.417 e. The molecule has 11 heteroatoms. The second-order valence-electron chi connectivity index (χ2n) is 9.05. The molecule has 1 heterocycles. The van der Waals surface area contributed by atoms with Crippen LogP contribution in [0.5, 0.6) is 0 Å². The van der Waals surface area contributed by atoms with Crippen LogP contribution < -0.4 is 4.90 Å². The number of nitrogens with zero attached hydrogens (tertiary/aromatic N) is 2. The molecule has 38 heavy (non-hydrogen) atoms. The van der Waals surface area contributed by atoms with Gasteiger partial charge in [-0.3, -0.25) is 9.59 Å². The Morgan fingerprint density at radius 3 is 2.03 bits per heavy atom. The zero-order valence-corrected chi connectivity index (χ0v) is 21.4. The van der Waals surface area contributed by atoms with Gasteiger partial charge >= 0.3 is 6.18 Å². The van der Waals surface area contributed by atoms with Crippen molar-refractivity contribution in [1.82, 2.24) is 4.90 Å². The van der Waals surface area contributed by atoms with Gasteiger partial charge in [-0.1, -0.05) is 18.2 Å². The number of alkyl halides is 3. The lowest BCUT2D eigenvalue weighted by Crippen LogP contribution is -2.49. The van der Waals surface area contributed by atoms with E-state index in [0.29, 0.717) is 11.1 Å². The molecule has 6 nitrogen and oxygen atoms in total. The number of halogens is 4. The SMILES string of the molecule is CC(=O)c1ccc(N2CCN(C(=O)c3cc(S(C)(=O)=O)ccc3-c3ccc(F)cc3)CC2)cc1C(F)(F)F. The molecule has 0 saturated carbocycles. The third-order valence-electron chi connectivity index (χ3n) is 6.42. The predicted molar refractivity (Wildman–Crippen MR) is 135 cm³/mol. The number of carbonyl (C=O) groups is 2. The Hall–Kier alpha value is -3.73. The number of amides is 1. The molecule has 0 spiro atoms. The first-order chi connectivity index (χ1) is 17.8. The highest BCUT2D eigenvalue weighted by Crippen LogP contribution is 2.35. The highest BCUT2D eigenvalue weighted by atomic mass is 32.2. The molecule has 1 aliphatic rings. The summed E-state index contributed by atoms with van der Waals surface area (Å²) in [4.78, 5) is 28.4. The van der Waals surface area contributed by atoms with E-state index in [1.165, 1.54) is 53.4 Å². The van der Waals surface area contributed by atoms with Crippen molar-refractivity contribution < 1.29 is 35.6 Å². The zero-order valence-electron chi connectivity index (χ0n) is 20.5. The van der Waals surface area contributed by atoms with Crippen molar-refractivity contribution in [2.24, 2.45) is 0 Å². The minimum Gasteiger partial charge on any atom is -0.368 e. The highest BCUT2D eigenvalue weighted by molar-refractivity contribution is 7.90. The largest absolute Gasteiger partial charge is 0.417 e. The maximum atomic E-state index is 13.5. The van der Waals surface area contributed by atoms with Crippen molar-refractivity contribution in [1.29, 1.82) is 0 Å². The van der Waals surface area contributed by atoms with E-state index >= 15 is 0 Å². The van der Waals surface area contributed by atoms with Crippen molar-refractivity contribution in [3.05, 3.63) is 83.2 Å². The summed E-state index contributed by atoms with van der Waals surface area (Å²) in [6.07, 6.45) is -3.67. The number of sulfone groups is 1. The molecule has 3 aromatic rings. The van der Waals surface area contributed by atoms with E-state index in [4.69, 9.17) is 0 Å². The summed E-state index contributed by atoms with van der Waals surface area (Å²) in [7, 11) is -3.62. The summed E-state index contributed by atoms with van der Waals surface area (Å²) >= 11 is 0. The van der Waals surface area contributed by atoms with Crippen LogP contribution in [0.2, 0.25) is 0 Å². The number of hydrogen-bond acceptors (Lipinski definition) is 5. The van der Waals surface area contributed by atoms with Gasteiger partial charge in [-0.15, -0.1) is 0 Å². The van der Waals surface area contributed by atoms with E-state index in [1.54, 1.807) is 4.90 Å². The van der Waals surface area contributed by atoms with Gasteiger partial charge in [0, 0.05) is 49.2 Å². The molecule has 1 amide bonds. The van der Waals surface area contributed by atoms with Crippen LogP contribution in [0, 0.1) is 5.82 Å². The van der Waals surface area contributed by atoms with Crippen LogP contribution >= 0.6 is 0 Å². The van der Waals surface area contributed by atoms with Crippen molar-refractivity contribution in [3.8, 4) is 11.1 Å². The van der Waals surface area contributed by atoms with Crippen LogP contribution in [0.1, 0.15) is 33.2 Å². The molecule has 0 bridgehead atoms. The Morgan fingerprint density at radius 1 is 0.842 bits per heavy atom. The summed E-state index contributed by atoms with van der Waals surface area (Å²) in [6, 6.07) is 13.2. The number of ketones is 1. The van der Waals surface area contributed by atoms with Crippen molar-refractivity contribution in [3.63, 3.8) is 0 Å². The number of hydrogen-bond donors (Lipinski definition) is 0. The molecule has 0 aromatic heterocycles. The third kappa shape index (κ3) is 5.72. The van der Waals surface area contributed by atoms with Crippen LogP contribution in [0.25, 0.3) is 11.1 Å². The fourth-order valence-electron chi connectivity index (χ4n) is 4.42. The minimum atomic E-state index is -4.70. The summed E-state index contributed by atoms with van der Waals surface area (Å²) in [5.41, 5.74) is -0.0616. The Morgan fingerprint density at radius 2 is 1.47 bits per heavy atom. The van der Waals surface area contributed by atoms with Crippen LogP contribution in [-0.2, 0) is 16.0 Å². The molecule has 0 aliphatic carbocycles. The first-order valence-electron chi connectivity index (χ1n) is 11.6. The Balaban J connectivity index is 1.61. The van der Waals surface area contributed by atoms with Gasteiger partial charge < -0.3 is 9.80 Å². The summed E-state index contributed by atoms with van der Waals surface area (Å²) < 4.78 is 78.4. The van der Waals surface area contributed by atoms with E-state index in [1.807, 2.05) is 0 Å². The zero-order chi connectivity index (χ0) is 27.8. The summed E-state index contributed by atoms with van der Waals surface area (Å²) in [6.45, 7) is 1.86. The van der Waals surface area contributed by atoms with Gasteiger partial charge in [0.15, 0.2) is 15.6 Å². The highest BCUT2D eigenvalue weighted by Gasteiger charge is 2.35. The molecule has 3 aromatic carbocycles. The van der Waals surface area contributed by atoms with E-state index < -0.39 is 44.6 Å². The van der Waals surface area contributed by atoms with Gasteiger partial charge in [0.25, 0.3) is 5.91 Å². The van der Waals surface area contributed by atoms with E-state index in [2.05, 4.69) is 0 Å². The van der Waals surface area contributed by atoms with Crippen LogP contribution in [0.15, 0.2) is 65.6 Å². The lowest BCUT2D eigenvalue weighted by Gasteiger charge is -2.36. The monoisotopic (exact) mass is 548 g/mol. The van der Waals surface area contributed by atoms with Gasteiger partial charge in [0.05, 0.1) is 10.5 Å². The Labute approximate surface area is 217 Å². The molecular weight excluding hydrogens is 524 g/mol. The Bertz CT molecular complexity index is 1490. The summed E-state index contributed by atoms with van der Waals surface area (Å²) in [5.74, 6) is -1.60. The van der Waals surface area contributed by atoms with E-state index in [9.17, 15) is 35.6 Å². The number of rotatable bonds is 5. The van der Waals surface area contributed by atoms with Crippen molar-refractivity contribution in [2.75, 3.05) is 37.3 Å². The number of Topliss-reactive ketones (excluding diaryl/α,β-unsaturated/α-hetero) is 1. The topological polar surface area (TPSA) is 74.8 Å². The number of piperazine rings is 1. The average Bonchev–Trinajstić information content (AvgIpc) is 2.87. The number of benzene rings is 3. The minimum absolute atomic E-state index is 0.0458. The molecule has 0 atom stereocenters. The average molecular weight is 549 g/mol. The molecule has 1 fully saturated rings. The fourth-order valence-corrected chi connectivity index (χ4v) is 5.07. The third-order valence-corrected chi connectivity index (χ3v) is 7.53. The molecule has 1 saturated heterocycles. The normalized spacial score (nSPS) is 14.5. The summed E-state index contributed by atoms with van der Waals surface area (Å²) in [5, 5.41) is 0. The predicted octanol–water partition coefficient (Wildman–Crippen LogP) is 5.08. The number of anilines is 1. The van der Waals surface area contributed by atoms with Crippen molar-refractivity contribution >= 4 is 27.2 Å². The van der Waals surface area contributed by atoms with Crippen molar-refractivity contribution in [2.45, 2.75) is 18.0 Å². The van der Waals surface area contributed by atoms with Gasteiger partial charge in [-0.05, 0) is 60.5 Å². The molecule has 1 aliphatic heterocycles. The van der Waals surface area contributed by atoms with Crippen LogP contribution in [-0.4, -0.2) is 57.4 Å². The first kappa shape index (κ1) is 27.3. The van der Waals surface area contributed by atoms with Gasteiger partial charge in [0.2, 0.25) is 0 Å². The molecule has 200 valence electrons. The quantitative estimate of drug-likeness (QED) is 0.329. The fraction of sp³-hybridized carbons (Fsp3) is 0.259. The second-order valence-corrected chi connectivity index (χ2v) is 11.1. The van der Waals surface area contributed by atoms with E-state index in [-0.39, 0.29) is 42.3 Å². The molecule has 0 N–H and O–H groups in total.